The largest absolute Gasteiger partial charge is 0.496 e. The number of carboxylic acid groups (broad SMARTS) is 1. The molecule has 224 valence electrons. The second-order valence-electron chi connectivity index (χ2n) is 12.8. The Morgan fingerprint density at radius 1 is 1.15 bits per heavy atom. The van der Waals surface area contributed by atoms with Crippen LogP contribution in [0.25, 0.3) is 0 Å². The maximum atomic E-state index is 14.6. The quantitative estimate of drug-likeness (QED) is 0.416. The van der Waals surface area contributed by atoms with Gasteiger partial charge >= 0.3 is 12.1 Å². The van der Waals surface area contributed by atoms with Crippen LogP contribution in [0.5, 0.6) is 5.75 Å². The number of aliphatic hydroxyl groups excluding tert-OH is 1. The lowest BCUT2D eigenvalue weighted by Gasteiger charge is -2.35. The van der Waals surface area contributed by atoms with E-state index in [9.17, 15) is 33.0 Å². The number of halogens is 3. The van der Waals surface area contributed by atoms with Crippen LogP contribution in [-0.4, -0.2) is 56.5 Å². The highest BCUT2D eigenvalue weighted by Gasteiger charge is 2.63. The Morgan fingerprint density at radius 2 is 1.76 bits per heavy atom. The summed E-state index contributed by atoms with van der Waals surface area (Å²) < 4.78 is 50.0. The molecule has 2 aromatic rings. The SMILES string of the molecule is COc1ccccc1[C@@H](O)CN(C(=O)c1cnn(C2CCC(C)(C(=O)O)CC2)c1C(F)(F)F)C1C[C@@H]2[C@H](C1)C2(C)C. The molecule has 8 nitrogen and oxygen atoms in total. The van der Waals surface area contributed by atoms with Crippen LogP contribution in [0.1, 0.15) is 93.1 Å². The maximum Gasteiger partial charge on any atom is 0.433 e. The van der Waals surface area contributed by atoms with Gasteiger partial charge in [0.25, 0.3) is 5.91 Å². The zero-order valence-corrected chi connectivity index (χ0v) is 23.8. The minimum Gasteiger partial charge on any atom is -0.496 e. The minimum atomic E-state index is -4.86. The molecule has 1 unspecified atom stereocenters. The molecule has 3 saturated carbocycles. The lowest BCUT2D eigenvalue weighted by atomic mass is 9.74. The molecule has 3 aliphatic carbocycles. The van der Waals surface area contributed by atoms with Crippen molar-refractivity contribution >= 4 is 11.9 Å². The van der Waals surface area contributed by atoms with Crippen LogP contribution in [0.15, 0.2) is 30.5 Å². The van der Waals surface area contributed by atoms with Crippen molar-refractivity contribution in [3.05, 3.63) is 47.3 Å². The number of methoxy groups -OCH3 is 1. The van der Waals surface area contributed by atoms with Crippen molar-refractivity contribution in [2.75, 3.05) is 13.7 Å². The highest BCUT2D eigenvalue weighted by Crippen LogP contribution is 2.67. The Bertz CT molecular complexity index is 1300. The molecule has 1 aromatic carbocycles. The number of rotatable bonds is 8. The molecule has 0 bridgehead atoms. The molecule has 1 heterocycles. The summed E-state index contributed by atoms with van der Waals surface area (Å²) in [5, 5.41) is 24.8. The monoisotopic (exact) mass is 577 g/mol. The van der Waals surface area contributed by atoms with Crippen LogP contribution in [0.3, 0.4) is 0 Å². The number of benzene rings is 1. The Balaban J connectivity index is 1.46. The molecule has 2 N–H and O–H groups in total. The van der Waals surface area contributed by atoms with Gasteiger partial charge in [0.1, 0.15) is 11.9 Å². The topological polar surface area (TPSA) is 105 Å². The second kappa shape index (κ2) is 10.3. The Hall–Kier alpha value is -3.08. The predicted molar refractivity (Wildman–Crippen MR) is 143 cm³/mol. The predicted octanol–water partition coefficient (Wildman–Crippen LogP) is 5.73. The van der Waals surface area contributed by atoms with E-state index in [1.165, 1.54) is 12.0 Å². The molecule has 3 aliphatic rings. The summed E-state index contributed by atoms with van der Waals surface area (Å²) >= 11 is 0. The van der Waals surface area contributed by atoms with Crippen LogP contribution < -0.4 is 4.74 Å². The van der Waals surface area contributed by atoms with E-state index in [2.05, 4.69) is 18.9 Å². The van der Waals surface area contributed by atoms with Gasteiger partial charge in [-0.25, -0.2) is 0 Å². The smallest absolute Gasteiger partial charge is 0.433 e. The van der Waals surface area contributed by atoms with Crippen LogP contribution in [0.2, 0.25) is 0 Å². The van der Waals surface area contributed by atoms with Gasteiger partial charge in [0.05, 0.1) is 36.9 Å². The molecule has 1 aromatic heterocycles. The van der Waals surface area contributed by atoms with Gasteiger partial charge in [-0.15, -0.1) is 0 Å². The fourth-order valence-electron chi connectivity index (χ4n) is 7.29. The number of fused-ring (bicyclic) bond motifs is 1. The first-order chi connectivity index (χ1) is 19.2. The zero-order valence-electron chi connectivity index (χ0n) is 23.8. The van der Waals surface area contributed by atoms with E-state index in [-0.39, 0.29) is 43.7 Å². The maximum absolute atomic E-state index is 14.6. The van der Waals surface area contributed by atoms with E-state index in [4.69, 9.17) is 4.74 Å². The molecule has 41 heavy (non-hydrogen) atoms. The number of aliphatic hydroxyl groups is 1. The van der Waals surface area contributed by atoms with Crippen molar-refractivity contribution in [3.63, 3.8) is 0 Å². The first-order valence-electron chi connectivity index (χ1n) is 14.2. The summed E-state index contributed by atoms with van der Waals surface area (Å²) in [5.74, 6) is -0.598. The molecule has 0 radical (unpaired) electrons. The average Bonchev–Trinajstić information content (AvgIpc) is 3.35. The molecular formula is C30H38F3N3O5. The van der Waals surface area contributed by atoms with Crippen LogP contribution in [0, 0.1) is 22.7 Å². The van der Waals surface area contributed by atoms with E-state index in [0.717, 1.165) is 10.9 Å². The van der Waals surface area contributed by atoms with Gasteiger partial charge in [-0.1, -0.05) is 32.0 Å². The van der Waals surface area contributed by atoms with Gasteiger partial charge in [-0.2, -0.15) is 18.3 Å². The number of carbonyl (C=O) groups is 2. The normalized spacial score (nSPS) is 29.5. The summed E-state index contributed by atoms with van der Waals surface area (Å²) in [4.78, 5) is 27.1. The summed E-state index contributed by atoms with van der Waals surface area (Å²) in [6.45, 7) is 5.75. The van der Waals surface area contributed by atoms with Gasteiger partial charge in [-0.05, 0) is 68.8 Å². The highest BCUT2D eigenvalue weighted by molar-refractivity contribution is 5.95. The van der Waals surface area contributed by atoms with Gasteiger partial charge in [0.2, 0.25) is 0 Å². The van der Waals surface area contributed by atoms with Crippen LogP contribution in [-0.2, 0) is 11.0 Å². The number of alkyl halides is 3. The average molecular weight is 578 g/mol. The lowest BCUT2D eigenvalue weighted by Crippen LogP contribution is -2.43. The van der Waals surface area contributed by atoms with E-state index in [1.807, 2.05) is 0 Å². The first kappa shape index (κ1) is 29.4. The summed E-state index contributed by atoms with van der Waals surface area (Å²) in [6.07, 6.45) is -2.88. The molecule has 0 saturated heterocycles. The van der Waals surface area contributed by atoms with Crippen molar-refractivity contribution in [2.45, 2.75) is 83.7 Å². The third-order valence-electron chi connectivity index (χ3n) is 10.1. The van der Waals surface area contributed by atoms with Gasteiger partial charge in [-0.3, -0.25) is 14.3 Å². The van der Waals surface area contributed by atoms with E-state index in [0.29, 0.717) is 36.0 Å². The lowest BCUT2D eigenvalue weighted by molar-refractivity contribution is -0.152. The zero-order chi connectivity index (χ0) is 29.9. The number of nitrogens with zero attached hydrogens (tertiary/aromatic N) is 3. The number of aliphatic carboxylic acids is 1. The Labute approximate surface area is 237 Å². The standard InChI is InChI=1S/C30H38F3N3O5/c1-28(2)21-13-18(14-22(21)28)35(16-23(37)19-7-5-6-8-24(19)41-4)26(38)20-15-34-36(25(20)30(31,32)33)17-9-11-29(3,12-10-17)27(39)40/h5-8,15,17-18,21-23,37H,9-14,16H2,1-4H3,(H,39,40)/t17?,18?,21-,22+,23-,29?/m0/s1. The van der Waals surface area contributed by atoms with E-state index < -0.39 is 46.9 Å². The summed E-state index contributed by atoms with van der Waals surface area (Å²) in [6, 6.07) is 5.85. The number of carboxylic acids is 1. The van der Waals surface area contributed by atoms with Gasteiger partial charge in [0, 0.05) is 11.6 Å². The number of amides is 1. The van der Waals surface area contributed by atoms with E-state index >= 15 is 0 Å². The minimum absolute atomic E-state index is 0.139. The molecule has 3 fully saturated rings. The fraction of sp³-hybridized carbons (Fsp3) is 0.633. The third kappa shape index (κ3) is 5.21. The highest BCUT2D eigenvalue weighted by atomic mass is 19.4. The van der Waals surface area contributed by atoms with Crippen molar-refractivity contribution < 1.29 is 37.7 Å². The third-order valence-corrected chi connectivity index (χ3v) is 10.1. The van der Waals surface area contributed by atoms with Gasteiger partial charge < -0.3 is 19.8 Å². The van der Waals surface area contributed by atoms with Crippen LogP contribution in [0.4, 0.5) is 13.2 Å². The molecular weight excluding hydrogens is 539 g/mol. The molecule has 4 atom stereocenters. The number of hydrogen-bond acceptors (Lipinski definition) is 5. The Kier molecular flexibility index (Phi) is 7.41. The first-order valence-corrected chi connectivity index (χ1v) is 14.2. The molecule has 0 spiro atoms. The summed E-state index contributed by atoms with van der Waals surface area (Å²) in [7, 11) is 1.47. The number of carbonyl (C=O) groups excluding carboxylic acids is 1. The van der Waals surface area contributed by atoms with Crippen molar-refractivity contribution in [1.29, 1.82) is 0 Å². The second-order valence-corrected chi connectivity index (χ2v) is 12.8. The van der Waals surface area contributed by atoms with Crippen LogP contribution >= 0.6 is 0 Å². The van der Waals surface area contributed by atoms with Crippen molar-refractivity contribution in [1.82, 2.24) is 14.7 Å². The number of ether oxygens (including phenoxy) is 1. The molecule has 1 amide bonds. The number of para-hydroxylation sites is 1. The summed E-state index contributed by atoms with van der Waals surface area (Å²) in [5.41, 5.74) is -2.07. The van der Waals surface area contributed by atoms with Gasteiger partial charge in [0.15, 0.2) is 5.69 Å². The molecule has 11 heteroatoms. The fourth-order valence-corrected chi connectivity index (χ4v) is 7.29. The Morgan fingerprint density at radius 3 is 2.32 bits per heavy atom. The van der Waals surface area contributed by atoms with E-state index in [1.54, 1.807) is 31.2 Å². The van der Waals surface area contributed by atoms with Crippen molar-refractivity contribution in [2.24, 2.45) is 22.7 Å². The molecule has 0 aliphatic heterocycles. The van der Waals surface area contributed by atoms with Crippen molar-refractivity contribution in [3.8, 4) is 5.75 Å². The number of hydrogen-bond donors (Lipinski definition) is 2. The number of aromatic nitrogens is 2. The molecule has 5 rings (SSSR count).